The van der Waals surface area contributed by atoms with Crippen LogP contribution in [0.4, 0.5) is 0 Å². The average molecular weight is 387 g/mol. The summed E-state index contributed by atoms with van der Waals surface area (Å²) in [4.78, 5) is 38.0. The van der Waals surface area contributed by atoms with Gasteiger partial charge in [-0.1, -0.05) is 0 Å². The molecule has 1 aromatic rings. The van der Waals surface area contributed by atoms with E-state index in [4.69, 9.17) is 5.73 Å². The SMILES string of the molecule is C[n+]1cccc(C(=C2CCNC2=O)C2=C(C(=O)O)N3C(=O)[C@@H](N)[C@H]3SC2)c1. The molecule has 4 rings (SSSR count). The second kappa shape index (κ2) is 6.50. The number of carboxylic acid groups (broad SMARTS) is 1. The lowest BCUT2D eigenvalue weighted by atomic mass is 9.90. The maximum Gasteiger partial charge on any atom is 0.352 e. The lowest BCUT2D eigenvalue weighted by Crippen LogP contribution is -2.68. The number of carboxylic acids is 1. The highest BCUT2D eigenvalue weighted by Gasteiger charge is 2.52. The van der Waals surface area contributed by atoms with Gasteiger partial charge in [0.2, 0.25) is 11.8 Å². The number of pyridine rings is 1. The van der Waals surface area contributed by atoms with Crippen LogP contribution in [0.5, 0.6) is 0 Å². The van der Waals surface area contributed by atoms with Gasteiger partial charge in [0.05, 0.1) is 0 Å². The number of hydrogen-bond acceptors (Lipinski definition) is 5. The van der Waals surface area contributed by atoms with E-state index in [-0.39, 0.29) is 17.0 Å². The highest BCUT2D eigenvalue weighted by molar-refractivity contribution is 8.00. The van der Waals surface area contributed by atoms with Gasteiger partial charge in [-0.3, -0.25) is 14.5 Å². The van der Waals surface area contributed by atoms with E-state index in [1.54, 1.807) is 0 Å². The minimum Gasteiger partial charge on any atom is -0.477 e. The summed E-state index contributed by atoms with van der Waals surface area (Å²) in [6.45, 7) is 0.510. The van der Waals surface area contributed by atoms with Gasteiger partial charge in [0.15, 0.2) is 12.4 Å². The molecule has 2 fully saturated rings. The third kappa shape index (κ3) is 2.74. The number of nitrogens with two attached hydrogens (primary N) is 1. The van der Waals surface area contributed by atoms with Crippen LogP contribution in [-0.2, 0) is 21.4 Å². The van der Waals surface area contributed by atoms with E-state index >= 15 is 0 Å². The zero-order chi connectivity index (χ0) is 19.3. The number of allylic oxidation sites excluding steroid dienone is 1. The molecule has 0 radical (unpaired) electrons. The molecule has 9 heteroatoms. The van der Waals surface area contributed by atoms with E-state index in [1.807, 2.05) is 36.1 Å². The fourth-order valence-corrected chi connectivity index (χ4v) is 5.03. The third-order valence-electron chi connectivity index (χ3n) is 4.98. The number of fused-ring (bicyclic) bond motifs is 1. The lowest BCUT2D eigenvalue weighted by Gasteiger charge is -2.48. The summed E-state index contributed by atoms with van der Waals surface area (Å²) in [5.41, 5.74) is 8.14. The normalized spacial score (nSPS) is 26.5. The molecule has 0 saturated carbocycles. The molecule has 2 saturated heterocycles. The number of nitrogens with zero attached hydrogens (tertiary/aromatic N) is 2. The smallest absolute Gasteiger partial charge is 0.352 e. The van der Waals surface area contributed by atoms with E-state index in [1.165, 1.54) is 16.7 Å². The third-order valence-corrected chi connectivity index (χ3v) is 6.28. The molecule has 27 heavy (non-hydrogen) atoms. The van der Waals surface area contributed by atoms with Gasteiger partial charge >= 0.3 is 5.97 Å². The number of carbonyl (C=O) groups is 3. The maximum absolute atomic E-state index is 12.4. The number of thioether (sulfide) groups is 1. The van der Waals surface area contributed by atoms with E-state index in [0.717, 1.165) is 5.56 Å². The van der Waals surface area contributed by atoms with Gasteiger partial charge in [-0.15, -0.1) is 11.8 Å². The molecule has 0 bridgehead atoms. The van der Waals surface area contributed by atoms with Crippen LogP contribution in [0.1, 0.15) is 12.0 Å². The number of nitrogens with one attached hydrogen (secondary N) is 1. The number of aromatic nitrogens is 1. The molecular formula is C18H19N4O4S+. The summed E-state index contributed by atoms with van der Waals surface area (Å²) in [6, 6.07) is 3.00. The Kier molecular flexibility index (Phi) is 4.27. The summed E-state index contributed by atoms with van der Waals surface area (Å²) in [6.07, 6.45) is 4.21. The van der Waals surface area contributed by atoms with Crippen molar-refractivity contribution in [3.63, 3.8) is 0 Å². The molecule has 0 aliphatic carbocycles. The van der Waals surface area contributed by atoms with Crippen LogP contribution in [0, 0.1) is 0 Å². The number of β-lactam (4-membered cyclic amide) rings is 1. The lowest BCUT2D eigenvalue weighted by molar-refractivity contribution is -0.671. The van der Waals surface area contributed by atoms with Gasteiger partial charge in [-0.05, 0) is 12.5 Å². The van der Waals surface area contributed by atoms with Crippen LogP contribution < -0.4 is 15.6 Å². The Morgan fingerprint density at radius 3 is 2.85 bits per heavy atom. The van der Waals surface area contributed by atoms with Gasteiger partial charge in [0.1, 0.15) is 24.2 Å². The number of hydrogen-bond donors (Lipinski definition) is 3. The molecule has 0 spiro atoms. The summed E-state index contributed by atoms with van der Waals surface area (Å²) in [5, 5.41) is 12.3. The summed E-state index contributed by atoms with van der Waals surface area (Å²) < 4.78 is 1.84. The van der Waals surface area contributed by atoms with Crippen molar-refractivity contribution in [2.75, 3.05) is 12.3 Å². The van der Waals surface area contributed by atoms with Gasteiger partial charge in [-0.25, -0.2) is 9.36 Å². The van der Waals surface area contributed by atoms with E-state index in [0.29, 0.717) is 35.4 Å². The van der Waals surface area contributed by atoms with Crippen LogP contribution in [0.2, 0.25) is 0 Å². The highest BCUT2D eigenvalue weighted by Crippen LogP contribution is 2.44. The Balaban J connectivity index is 1.96. The topological polar surface area (TPSA) is 117 Å². The molecule has 0 unspecified atom stereocenters. The van der Waals surface area contributed by atoms with Crippen molar-refractivity contribution >= 4 is 35.1 Å². The van der Waals surface area contributed by atoms with E-state index in [2.05, 4.69) is 5.32 Å². The fraction of sp³-hybridized carbons (Fsp3) is 0.333. The molecule has 2 atom stereocenters. The number of carbonyl (C=O) groups excluding carboxylic acids is 2. The van der Waals surface area contributed by atoms with Crippen molar-refractivity contribution in [2.45, 2.75) is 17.8 Å². The van der Waals surface area contributed by atoms with Crippen molar-refractivity contribution in [2.24, 2.45) is 12.8 Å². The number of aliphatic carboxylic acids is 1. The number of aryl methyl sites for hydroxylation is 1. The van der Waals surface area contributed by atoms with Crippen LogP contribution in [-0.4, -0.2) is 51.5 Å². The van der Waals surface area contributed by atoms with Crippen LogP contribution in [0.15, 0.2) is 41.4 Å². The molecule has 1 aromatic heterocycles. The zero-order valence-electron chi connectivity index (χ0n) is 14.6. The van der Waals surface area contributed by atoms with E-state index in [9.17, 15) is 19.5 Å². The maximum atomic E-state index is 12.4. The zero-order valence-corrected chi connectivity index (χ0v) is 15.5. The predicted molar refractivity (Wildman–Crippen MR) is 97.9 cm³/mol. The van der Waals surface area contributed by atoms with Crippen molar-refractivity contribution in [1.29, 1.82) is 0 Å². The van der Waals surface area contributed by atoms with Crippen molar-refractivity contribution < 1.29 is 24.1 Å². The van der Waals surface area contributed by atoms with Crippen LogP contribution in [0.3, 0.4) is 0 Å². The highest BCUT2D eigenvalue weighted by atomic mass is 32.2. The predicted octanol–water partition coefficient (Wildman–Crippen LogP) is -0.634. The molecule has 4 heterocycles. The summed E-state index contributed by atoms with van der Waals surface area (Å²) in [5.74, 6) is -1.42. The molecular weight excluding hydrogens is 368 g/mol. The van der Waals surface area contributed by atoms with Gasteiger partial charge in [0, 0.05) is 40.6 Å². The van der Waals surface area contributed by atoms with Crippen molar-refractivity contribution in [3.05, 3.63) is 46.9 Å². The number of amides is 2. The minimum absolute atomic E-state index is 0.0702. The largest absolute Gasteiger partial charge is 0.477 e. The summed E-state index contributed by atoms with van der Waals surface area (Å²) in [7, 11) is 1.86. The first-order chi connectivity index (χ1) is 12.9. The first-order valence-corrected chi connectivity index (χ1v) is 9.59. The average Bonchev–Trinajstić information content (AvgIpc) is 3.06. The summed E-state index contributed by atoms with van der Waals surface area (Å²) >= 11 is 1.43. The standard InChI is InChI=1S/C18H18N4O4S/c1-21-6-2-3-9(7-21)12(10-4-5-20-15(10)23)11-8-27-17-13(19)16(24)22(17)14(11)18(25)26/h2-3,6-7,13,17H,4-5,8,19H2,1H3,(H-,20,23,25,26)/p+1/t13-,17-/m1/s1. The Bertz CT molecular complexity index is 939. The minimum atomic E-state index is -1.19. The van der Waals surface area contributed by atoms with Crippen molar-refractivity contribution in [1.82, 2.24) is 10.2 Å². The van der Waals surface area contributed by atoms with Gasteiger partial charge in [0.25, 0.3) is 0 Å². The Labute approximate surface area is 159 Å². The monoisotopic (exact) mass is 387 g/mol. The first kappa shape index (κ1) is 17.7. The Morgan fingerprint density at radius 1 is 1.44 bits per heavy atom. The molecule has 8 nitrogen and oxygen atoms in total. The molecule has 3 aliphatic rings. The van der Waals surface area contributed by atoms with Gasteiger partial charge < -0.3 is 16.2 Å². The molecule has 3 aliphatic heterocycles. The molecule has 0 aromatic carbocycles. The second-order valence-electron chi connectivity index (χ2n) is 6.69. The quantitative estimate of drug-likeness (QED) is 0.361. The van der Waals surface area contributed by atoms with Crippen LogP contribution in [0.25, 0.3) is 5.57 Å². The van der Waals surface area contributed by atoms with Crippen LogP contribution >= 0.6 is 11.8 Å². The van der Waals surface area contributed by atoms with Gasteiger partial charge in [-0.2, -0.15) is 0 Å². The van der Waals surface area contributed by atoms with Crippen molar-refractivity contribution in [3.8, 4) is 0 Å². The molecule has 2 amide bonds. The first-order valence-electron chi connectivity index (χ1n) is 8.54. The Morgan fingerprint density at radius 2 is 2.22 bits per heavy atom. The van der Waals surface area contributed by atoms with E-state index < -0.39 is 17.9 Å². The molecule has 4 N–H and O–H groups in total. The fourth-order valence-electron chi connectivity index (χ4n) is 3.73. The Hall–Kier alpha value is -2.65. The number of rotatable bonds is 3. The second-order valence-corrected chi connectivity index (χ2v) is 7.79. The molecule has 140 valence electrons.